The quantitative estimate of drug-likeness (QED) is 0.806. The van der Waals surface area contributed by atoms with Crippen LogP contribution in [0.5, 0.6) is 0 Å². The Morgan fingerprint density at radius 1 is 1.50 bits per heavy atom. The van der Waals surface area contributed by atoms with Gasteiger partial charge in [0.25, 0.3) is 0 Å². The minimum atomic E-state index is -0.701. The Balaban J connectivity index is 2.75. The molecule has 0 aliphatic carbocycles. The van der Waals surface area contributed by atoms with Gasteiger partial charge in [-0.05, 0) is 19.3 Å². The van der Waals surface area contributed by atoms with Crippen LogP contribution in [-0.4, -0.2) is 25.5 Å². The second kappa shape index (κ2) is 5.43. The summed E-state index contributed by atoms with van der Waals surface area (Å²) in [6.45, 7) is 9.02. The fourth-order valence-corrected chi connectivity index (χ4v) is 1.76. The summed E-state index contributed by atoms with van der Waals surface area (Å²) in [6, 6.07) is 0. The largest absolute Gasteiger partial charge is 0.389 e. The number of aromatic nitrogens is 3. The van der Waals surface area contributed by atoms with E-state index in [0.717, 1.165) is 25.2 Å². The summed E-state index contributed by atoms with van der Waals surface area (Å²) in [5, 5.41) is 14.5. The molecule has 0 fully saturated rings. The molecule has 0 radical (unpaired) electrons. The van der Waals surface area contributed by atoms with Gasteiger partial charge < -0.3 is 5.11 Å². The number of aliphatic hydroxyl groups is 1. The van der Waals surface area contributed by atoms with Crippen molar-refractivity contribution in [3.63, 3.8) is 0 Å². The Morgan fingerprint density at radius 2 is 2.19 bits per heavy atom. The minimum absolute atomic E-state index is 0.263. The molecular formula is C12H23N3O. The first-order valence-electron chi connectivity index (χ1n) is 6.10. The molecule has 0 spiro atoms. The Kier molecular flexibility index (Phi) is 4.47. The maximum Gasteiger partial charge on any atom is 0.138 e. The fourth-order valence-electron chi connectivity index (χ4n) is 1.76. The predicted molar refractivity (Wildman–Crippen MR) is 64.1 cm³/mol. The molecule has 4 nitrogen and oxygen atoms in total. The zero-order valence-corrected chi connectivity index (χ0v) is 10.8. The van der Waals surface area contributed by atoms with Crippen molar-refractivity contribution in [2.75, 3.05) is 0 Å². The first kappa shape index (κ1) is 13.2. The third kappa shape index (κ3) is 3.04. The molecule has 1 N–H and O–H groups in total. The van der Waals surface area contributed by atoms with Crippen LogP contribution in [0, 0.1) is 5.92 Å². The first-order valence-corrected chi connectivity index (χ1v) is 6.10. The maximum absolute atomic E-state index is 10.4. The highest BCUT2D eigenvalue weighted by molar-refractivity contribution is 4.94. The van der Waals surface area contributed by atoms with Crippen LogP contribution in [0.3, 0.4) is 0 Å². The van der Waals surface area contributed by atoms with E-state index in [1.54, 1.807) is 6.33 Å². The molecule has 1 aromatic heterocycles. The van der Waals surface area contributed by atoms with Crippen LogP contribution in [0.1, 0.15) is 46.4 Å². The molecule has 0 aliphatic heterocycles. The van der Waals surface area contributed by atoms with Crippen LogP contribution in [0.2, 0.25) is 0 Å². The molecule has 2 atom stereocenters. The van der Waals surface area contributed by atoms with E-state index in [-0.39, 0.29) is 5.92 Å². The van der Waals surface area contributed by atoms with E-state index in [2.05, 4.69) is 30.9 Å². The highest BCUT2D eigenvalue weighted by Crippen LogP contribution is 2.23. The molecular weight excluding hydrogens is 202 g/mol. The van der Waals surface area contributed by atoms with Gasteiger partial charge >= 0.3 is 0 Å². The van der Waals surface area contributed by atoms with E-state index < -0.39 is 5.60 Å². The summed E-state index contributed by atoms with van der Waals surface area (Å²) in [5.74, 6) is 1.14. The second-order valence-corrected chi connectivity index (χ2v) is 4.74. The monoisotopic (exact) mass is 225 g/mol. The zero-order chi connectivity index (χ0) is 12.2. The van der Waals surface area contributed by atoms with Crippen molar-refractivity contribution in [3.05, 3.63) is 12.2 Å². The van der Waals surface area contributed by atoms with Gasteiger partial charge in [-0.2, -0.15) is 5.10 Å². The van der Waals surface area contributed by atoms with Gasteiger partial charge in [-0.1, -0.05) is 27.2 Å². The highest BCUT2D eigenvalue weighted by atomic mass is 16.3. The summed E-state index contributed by atoms with van der Waals surface area (Å²) in [7, 11) is 0. The van der Waals surface area contributed by atoms with Crippen LogP contribution >= 0.6 is 0 Å². The zero-order valence-electron chi connectivity index (χ0n) is 10.8. The van der Waals surface area contributed by atoms with Crippen LogP contribution < -0.4 is 0 Å². The van der Waals surface area contributed by atoms with Crippen molar-refractivity contribution in [2.24, 2.45) is 5.92 Å². The van der Waals surface area contributed by atoms with Crippen molar-refractivity contribution in [2.45, 2.75) is 59.1 Å². The Morgan fingerprint density at radius 3 is 2.75 bits per heavy atom. The number of rotatable bonds is 6. The van der Waals surface area contributed by atoms with E-state index >= 15 is 0 Å². The van der Waals surface area contributed by atoms with Crippen molar-refractivity contribution < 1.29 is 5.11 Å². The van der Waals surface area contributed by atoms with Crippen LogP contribution in [-0.2, 0) is 13.0 Å². The number of hydrogen-bond donors (Lipinski definition) is 1. The highest BCUT2D eigenvalue weighted by Gasteiger charge is 2.29. The van der Waals surface area contributed by atoms with E-state index in [0.29, 0.717) is 6.42 Å². The fraction of sp³-hybridized carbons (Fsp3) is 0.833. The van der Waals surface area contributed by atoms with E-state index in [4.69, 9.17) is 0 Å². The standard InChI is InChI=1S/C12H23N3O/c1-5-7-15-11(13-9-14-15)8-12(4,16)10(3)6-2/h9-10,16H,5-8H2,1-4H3. The van der Waals surface area contributed by atoms with Crippen molar-refractivity contribution in [1.29, 1.82) is 0 Å². The molecule has 0 aromatic carbocycles. The van der Waals surface area contributed by atoms with Crippen LogP contribution in [0.4, 0.5) is 0 Å². The summed E-state index contributed by atoms with van der Waals surface area (Å²) >= 11 is 0. The molecule has 0 bridgehead atoms. The average Bonchev–Trinajstić information content (AvgIpc) is 2.64. The van der Waals surface area contributed by atoms with Gasteiger partial charge in [0.1, 0.15) is 12.2 Å². The normalized spacial score (nSPS) is 17.1. The summed E-state index contributed by atoms with van der Waals surface area (Å²) in [4.78, 5) is 4.23. The predicted octanol–water partition coefficient (Wildman–Crippen LogP) is 2.03. The number of hydrogen-bond acceptors (Lipinski definition) is 3. The van der Waals surface area contributed by atoms with Gasteiger partial charge in [0.05, 0.1) is 5.60 Å². The van der Waals surface area contributed by atoms with Crippen LogP contribution in [0.15, 0.2) is 6.33 Å². The molecule has 0 saturated carbocycles. The lowest BCUT2D eigenvalue weighted by Crippen LogP contribution is -2.36. The molecule has 92 valence electrons. The average molecular weight is 225 g/mol. The molecule has 1 aromatic rings. The van der Waals surface area contributed by atoms with Crippen molar-refractivity contribution in [3.8, 4) is 0 Å². The van der Waals surface area contributed by atoms with E-state index in [9.17, 15) is 5.11 Å². The molecule has 0 amide bonds. The summed E-state index contributed by atoms with van der Waals surface area (Å²) in [5.41, 5.74) is -0.701. The van der Waals surface area contributed by atoms with Crippen molar-refractivity contribution in [1.82, 2.24) is 14.8 Å². The third-order valence-corrected chi connectivity index (χ3v) is 3.32. The van der Waals surface area contributed by atoms with Gasteiger partial charge in [0, 0.05) is 13.0 Å². The first-order chi connectivity index (χ1) is 7.51. The lowest BCUT2D eigenvalue weighted by molar-refractivity contribution is 0.00250. The second-order valence-electron chi connectivity index (χ2n) is 4.74. The molecule has 1 heterocycles. The summed E-state index contributed by atoms with van der Waals surface area (Å²) in [6.07, 6.45) is 4.14. The smallest absolute Gasteiger partial charge is 0.138 e. The van der Waals surface area contributed by atoms with E-state index in [1.807, 2.05) is 11.6 Å². The van der Waals surface area contributed by atoms with Gasteiger partial charge in [0.15, 0.2) is 0 Å². The number of nitrogens with zero attached hydrogens (tertiary/aromatic N) is 3. The van der Waals surface area contributed by atoms with Gasteiger partial charge in [-0.3, -0.25) is 4.68 Å². The van der Waals surface area contributed by atoms with E-state index in [1.165, 1.54) is 0 Å². The Labute approximate surface area is 97.7 Å². The lowest BCUT2D eigenvalue weighted by Gasteiger charge is -2.29. The van der Waals surface area contributed by atoms with Crippen LogP contribution in [0.25, 0.3) is 0 Å². The topological polar surface area (TPSA) is 50.9 Å². The van der Waals surface area contributed by atoms with Gasteiger partial charge in [-0.15, -0.1) is 0 Å². The molecule has 4 heteroatoms. The maximum atomic E-state index is 10.4. The number of aryl methyl sites for hydroxylation is 1. The molecule has 2 unspecified atom stereocenters. The molecule has 1 rings (SSSR count). The van der Waals surface area contributed by atoms with Crippen molar-refractivity contribution >= 4 is 0 Å². The molecule has 0 saturated heterocycles. The molecule has 16 heavy (non-hydrogen) atoms. The minimum Gasteiger partial charge on any atom is -0.389 e. The molecule has 0 aliphatic rings. The SMILES string of the molecule is CCCn1ncnc1CC(C)(O)C(C)CC. The van der Waals surface area contributed by atoms with Gasteiger partial charge in [0.2, 0.25) is 0 Å². The lowest BCUT2D eigenvalue weighted by atomic mass is 9.85. The Hall–Kier alpha value is -0.900. The summed E-state index contributed by atoms with van der Waals surface area (Å²) < 4.78 is 1.89. The Bertz CT molecular complexity index is 320. The third-order valence-electron chi connectivity index (χ3n) is 3.32. The van der Waals surface area contributed by atoms with Gasteiger partial charge in [-0.25, -0.2) is 4.98 Å².